The molecule has 0 aromatic carbocycles. The Bertz CT molecular complexity index is 576. The number of hydrogen-bond donors (Lipinski definition) is 7. The van der Waals surface area contributed by atoms with Gasteiger partial charge in [0.15, 0.2) is 6.29 Å². The highest BCUT2D eigenvalue weighted by molar-refractivity contribution is 7.46. The van der Waals surface area contributed by atoms with Gasteiger partial charge >= 0.3 is 23.5 Å². The van der Waals surface area contributed by atoms with Gasteiger partial charge < -0.3 is 43.9 Å². The molecule has 0 aliphatic carbocycles. The molecule has 0 bridgehead atoms. The van der Waals surface area contributed by atoms with Crippen molar-refractivity contribution in [2.45, 2.75) is 30.7 Å². The van der Waals surface area contributed by atoms with Gasteiger partial charge in [-0.15, -0.1) is 0 Å². The first kappa shape index (κ1) is 23.2. The Labute approximate surface area is 140 Å². The largest absolute Gasteiger partial charge is 0.470 e. The topological polar surface area (TPSA) is 239 Å². The Hall–Kier alpha value is 0.210. The monoisotopic (exact) mass is 434 g/mol. The van der Waals surface area contributed by atoms with E-state index in [4.69, 9.17) is 38.8 Å². The van der Waals surface area contributed by atoms with Crippen LogP contribution in [0.3, 0.4) is 0 Å². The Balaban J connectivity index is 3.10. The number of aliphatic hydroxyl groups excluding tert-OH is 1. The zero-order chi connectivity index (χ0) is 19.6. The molecule has 1 aliphatic heterocycles. The maximum atomic E-state index is 11.0. The van der Waals surface area contributed by atoms with Crippen molar-refractivity contribution in [1.82, 2.24) is 0 Å². The van der Waals surface area contributed by atoms with Crippen molar-refractivity contribution in [1.29, 1.82) is 0 Å². The number of aliphatic hydroxyl groups is 1. The predicted octanol–water partition coefficient (Wildman–Crippen LogP) is -2.22. The minimum absolute atomic E-state index is 0.963. The van der Waals surface area contributed by atoms with E-state index in [0.29, 0.717) is 0 Å². The third-order valence-electron chi connectivity index (χ3n) is 2.78. The highest BCUT2D eigenvalue weighted by Gasteiger charge is 2.52. The van der Waals surface area contributed by atoms with Crippen molar-refractivity contribution >= 4 is 23.5 Å². The molecule has 1 heterocycles. The maximum Gasteiger partial charge on any atom is 0.470 e. The Morgan fingerprint density at radius 3 is 1.76 bits per heavy atom. The van der Waals surface area contributed by atoms with Crippen molar-refractivity contribution in [2.75, 3.05) is 13.7 Å². The van der Waals surface area contributed by atoms with Gasteiger partial charge in [0, 0.05) is 7.11 Å². The molecule has 0 radical (unpaired) electrons. The Kier molecular flexibility index (Phi) is 7.89. The number of ether oxygens (including phenoxy) is 2. The van der Waals surface area contributed by atoms with E-state index >= 15 is 0 Å². The summed E-state index contributed by atoms with van der Waals surface area (Å²) in [6.45, 7) is -0.963. The van der Waals surface area contributed by atoms with Crippen LogP contribution in [0.4, 0.5) is 0 Å². The first-order valence-electron chi connectivity index (χ1n) is 6.17. The smallest absolute Gasteiger partial charge is 0.387 e. The normalized spacial score (nSPS) is 31.9. The molecule has 1 saturated heterocycles. The van der Waals surface area contributed by atoms with Gasteiger partial charge in [0.25, 0.3) is 0 Å². The van der Waals surface area contributed by atoms with Gasteiger partial charge in [0.2, 0.25) is 0 Å². The van der Waals surface area contributed by atoms with E-state index in [2.05, 4.69) is 13.6 Å². The van der Waals surface area contributed by atoms with E-state index in [0.717, 1.165) is 7.11 Å². The lowest BCUT2D eigenvalue weighted by atomic mass is 9.99. The second-order valence-electron chi connectivity index (χ2n) is 4.68. The van der Waals surface area contributed by atoms with E-state index in [-0.39, 0.29) is 0 Å². The van der Waals surface area contributed by atoms with Crippen molar-refractivity contribution < 1.29 is 71.2 Å². The van der Waals surface area contributed by atoms with Crippen LogP contribution in [0.5, 0.6) is 0 Å². The number of phosphoric ester groups is 3. The molecular formula is C7H17O15P3. The molecule has 0 spiro atoms. The van der Waals surface area contributed by atoms with E-state index in [1.165, 1.54) is 0 Å². The minimum atomic E-state index is -5.29. The van der Waals surface area contributed by atoms with Crippen molar-refractivity contribution in [3.63, 3.8) is 0 Å². The summed E-state index contributed by atoms with van der Waals surface area (Å²) in [5, 5.41) is 10.1. The average Bonchev–Trinajstić information content (AvgIpc) is 2.38. The fourth-order valence-electron chi connectivity index (χ4n) is 1.94. The van der Waals surface area contributed by atoms with E-state index < -0.39 is 60.8 Å². The second-order valence-corrected chi connectivity index (χ2v) is 8.30. The summed E-state index contributed by atoms with van der Waals surface area (Å²) in [5.74, 6) is 0. The van der Waals surface area contributed by atoms with Crippen molar-refractivity contribution in [3.05, 3.63) is 0 Å². The standard InChI is InChI=1S/C7H17O15P3/c1-18-7-6(22-25(15,16)17)5(21-24(12,13)14)4(8)3(20-7)2-19-23(9,10)11/h3-8H,2H2,1H3,(H2,9,10,11)(H2,12,13,14)(H2,15,16,17)/t3-,4-,5+,6-,7+/m1/s1. The summed E-state index contributed by atoms with van der Waals surface area (Å²) in [7, 11) is -14.5. The van der Waals surface area contributed by atoms with Crippen LogP contribution in [0.1, 0.15) is 0 Å². The van der Waals surface area contributed by atoms with Gasteiger partial charge in [-0.05, 0) is 0 Å². The fourth-order valence-corrected chi connectivity index (χ4v) is 3.38. The second kappa shape index (κ2) is 8.48. The molecule has 1 fully saturated rings. The van der Waals surface area contributed by atoms with Gasteiger partial charge in [-0.3, -0.25) is 13.6 Å². The molecule has 18 heteroatoms. The molecule has 0 aromatic heterocycles. The first-order valence-corrected chi connectivity index (χ1v) is 10.8. The SMILES string of the molecule is CO[C@H]1O[C@H](COP(=O)(O)O)[C@@H](O)[C@H](OP(=O)(O)O)[C@H]1OP(=O)(O)O. The molecule has 1 rings (SSSR count). The summed E-state index contributed by atoms with van der Waals surface area (Å²) < 4.78 is 55.2. The molecule has 150 valence electrons. The lowest BCUT2D eigenvalue weighted by molar-refractivity contribution is -0.287. The van der Waals surface area contributed by atoms with Gasteiger partial charge in [0.05, 0.1) is 6.61 Å². The molecular weight excluding hydrogens is 417 g/mol. The first-order chi connectivity index (χ1) is 11.1. The fraction of sp³-hybridized carbons (Fsp3) is 1.00. The van der Waals surface area contributed by atoms with Crippen LogP contribution < -0.4 is 0 Å². The number of phosphoric acid groups is 3. The lowest BCUT2D eigenvalue weighted by Gasteiger charge is -2.43. The van der Waals surface area contributed by atoms with Gasteiger partial charge in [-0.25, -0.2) is 13.7 Å². The Morgan fingerprint density at radius 2 is 1.36 bits per heavy atom. The average molecular weight is 434 g/mol. The predicted molar refractivity (Wildman–Crippen MR) is 73.5 cm³/mol. The number of methoxy groups -OCH3 is 1. The zero-order valence-corrected chi connectivity index (χ0v) is 15.0. The van der Waals surface area contributed by atoms with Crippen LogP contribution in [0.25, 0.3) is 0 Å². The van der Waals surface area contributed by atoms with Crippen LogP contribution in [0, 0.1) is 0 Å². The zero-order valence-electron chi connectivity index (χ0n) is 12.3. The molecule has 0 aromatic rings. The Morgan fingerprint density at radius 1 is 0.880 bits per heavy atom. The molecule has 7 N–H and O–H groups in total. The summed E-state index contributed by atoms with van der Waals surface area (Å²) in [4.78, 5) is 52.9. The summed E-state index contributed by atoms with van der Waals surface area (Å²) in [6.07, 6.45) is -9.55. The molecule has 5 atom stereocenters. The summed E-state index contributed by atoms with van der Waals surface area (Å²) in [5.41, 5.74) is 0. The van der Waals surface area contributed by atoms with Crippen LogP contribution in [-0.2, 0) is 36.7 Å². The van der Waals surface area contributed by atoms with Crippen molar-refractivity contribution in [2.24, 2.45) is 0 Å². The van der Waals surface area contributed by atoms with E-state index in [1.54, 1.807) is 0 Å². The van der Waals surface area contributed by atoms with Crippen LogP contribution in [0.2, 0.25) is 0 Å². The van der Waals surface area contributed by atoms with Gasteiger partial charge in [0.1, 0.15) is 24.4 Å². The maximum absolute atomic E-state index is 11.0. The number of hydrogen-bond acceptors (Lipinski definition) is 9. The molecule has 0 saturated carbocycles. The highest BCUT2D eigenvalue weighted by Crippen LogP contribution is 2.47. The quantitative estimate of drug-likeness (QED) is 0.200. The van der Waals surface area contributed by atoms with Crippen LogP contribution in [-0.4, -0.2) is 78.9 Å². The third-order valence-corrected chi connectivity index (χ3v) is 4.30. The molecule has 0 unspecified atom stereocenters. The summed E-state index contributed by atoms with van der Waals surface area (Å²) in [6, 6.07) is 0. The van der Waals surface area contributed by atoms with Gasteiger partial charge in [-0.1, -0.05) is 0 Å². The van der Waals surface area contributed by atoms with Gasteiger partial charge in [-0.2, -0.15) is 0 Å². The minimum Gasteiger partial charge on any atom is -0.387 e. The highest BCUT2D eigenvalue weighted by atomic mass is 31.2. The van der Waals surface area contributed by atoms with Crippen LogP contribution in [0.15, 0.2) is 0 Å². The van der Waals surface area contributed by atoms with Crippen LogP contribution >= 0.6 is 23.5 Å². The third kappa shape index (κ3) is 8.18. The molecule has 25 heavy (non-hydrogen) atoms. The van der Waals surface area contributed by atoms with Crippen molar-refractivity contribution in [3.8, 4) is 0 Å². The molecule has 0 amide bonds. The van der Waals surface area contributed by atoms with E-state index in [1.807, 2.05) is 0 Å². The molecule has 15 nitrogen and oxygen atoms in total. The van der Waals surface area contributed by atoms with E-state index in [9.17, 15) is 18.8 Å². The summed E-state index contributed by atoms with van der Waals surface area (Å²) >= 11 is 0. The molecule has 1 aliphatic rings. The lowest BCUT2D eigenvalue weighted by Crippen LogP contribution is -2.60. The number of rotatable bonds is 8.